The van der Waals surface area contributed by atoms with Crippen LogP contribution in [0.5, 0.6) is 0 Å². The number of allylic oxidation sites excluding steroid dienone is 1. The van der Waals surface area contributed by atoms with Gasteiger partial charge in [-0.1, -0.05) is 11.6 Å². The standard InChI is InChI=1S/C12H20N2/c1-11(2)4-7-14-8-5-12(3,10-13)6-9-14/h4H,5-9H2,1-3H3. The molecule has 1 rings (SSSR count). The first-order valence-electron chi connectivity index (χ1n) is 5.33. The Kier molecular flexibility index (Phi) is 3.71. The number of hydrogen-bond donors (Lipinski definition) is 0. The van der Waals surface area contributed by atoms with E-state index in [0.29, 0.717) is 0 Å². The van der Waals surface area contributed by atoms with Gasteiger partial charge in [-0.2, -0.15) is 5.26 Å². The van der Waals surface area contributed by atoms with Crippen molar-refractivity contribution in [2.24, 2.45) is 5.41 Å². The highest BCUT2D eigenvalue weighted by Crippen LogP contribution is 2.29. The summed E-state index contributed by atoms with van der Waals surface area (Å²) < 4.78 is 0. The number of piperidine rings is 1. The summed E-state index contributed by atoms with van der Waals surface area (Å²) in [4.78, 5) is 2.42. The van der Waals surface area contributed by atoms with E-state index in [-0.39, 0.29) is 5.41 Å². The Morgan fingerprint density at radius 3 is 2.43 bits per heavy atom. The van der Waals surface area contributed by atoms with Crippen LogP contribution in [0.3, 0.4) is 0 Å². The lowest BCUT2D eigenvalue weighted by atomic mass is 9.82. The highest BCUT2D eigenvalue weighted by atomic mass is 15.1. The Morgan fingerprint density at radius 1 is 1.43 bits per heavy atom. The molecule has 1 aliphatic heterocycles. The molecule has 0 bridgehead atoms. The third-order valence-electron chi connectivity index (χ3n) is 2.99. The average molecular weight is 192 g/mol. The highest BCUT2D eigenvalue weighted by molar-refractivity contribution is 5.01. The fourth-order valence-electron chi connectivity index (χ4n) is 1.65. The van der Waals surface area contributed by atoms with Gasteiger partial charge in [0.15, 0.2) is 0 Å². The fraction of sp³-hybridized carbons (Fsp3) is 0.750. The lowest BCUT2D eigenvalue weighted by Gasteiger charge is -2.34. The Labute approximate surface area is 87.2 Å². The number of rotatable bonds is 2. The molecule has 0 saturated carbocycles. The van der Waals surface area contributed by atoms with Gasteiger partial charge in [-0.05, 0) is 46.7 Å². The predicted molar refractivity (Wildman–Crippen MR) is 58.8 cm³/mol. The maximum Gasteiger partial charge on any atom is 0.0687 e. The van der Waals surface area contributed by atoms with E-state index in [0.717, 1.165) is 32.5 Å². The molecule has 0 aromatic carbocycles. The largest absolute Gasteiger partial charge is 0.300 e. The van der Waals surface area contributed by atoms with Gasteiger partial charge in [0.05, 0.1) is 11.5 Å². The molecule has 0 radical (unpaired) electrons. The molecule has 0 amide bonds. The molecule has 0 aromatic heterocycles. The molecule has 0 aliphatic carbocycles. The van der Waals surface area contributed by atoms with Crippen LogP contribution in [-0.4, -0.2) is 24.5 Å². The monoisotopic (exact) mass is 192 g/mol. The molecule has 0 spiro atoms. The minimum Gasteiger partial charge on any atom is -0.300 e. The Balaban J connectivity index is 2.37. The number of nitrogens with zero attached hydrogens (tertiary/aromatic N) is 2. The van der Waals surface area contributed by atoms with Crippen LogP contribution in [0.1, 0.15) is 33.6 Å². The van der Waals surface area contributed by atoms with Gasteiger partial charge in [-0.15, -0.1) is 0 Å². The molecular formula is C12H20N2. The van der Waals surface area contributed by atoms with Gasteiger partial charge in [0.1, 0.15) is 0 Å². The van der Waals surface area contributed by atoms with Crippen LogP contribution in [0.2, 0.25) is 0 Å². The zero-order valence-electron chi connectivity index (χ0n) is 9.51. The third kappa shape index (κ3) is 3.16. The topological polar surface area (TPSA) is 27.0 Å². The first-order valence-corrected chi connectivity index (χ1v) is 5.33. The summed E-state index contributed by atoms with van der Waals surface area (Å²) in [5.41, 5.74) is 1.31. The summed E-state index contributed by atoms with van der Waals surface area (Å²) in [6, 6.07) is 2.42. The molecule has 2 nitrogen and oxygen atoms in total. The Hall–Kier alpha value is -0.810. The van der Waals surface area contributed by atoms with Gasteiger partial charge in [0.25, 0.3) is 0 Å². The van der Waals surface area contributed by atoms with Crippen LogP contribution in [0.15, 0.2) is 11.6 Å². The van der Waals surface area contributed by atoms with Crippen molar-refractivity contribution >= 4 is 0 Å². The second kappa shape index (κ2) is 4.61. The minimum absolute atomic E-state index is 0.0680. The van der Waals surface area contributed by atoms with Gasteiger partial charge < -0.3 is 0 Å². The van der Waals surface area contributed by atoms with Gasteiger partial charge in [-0.25, -0.2) is 0 Å². The van der Waals surface area contributed by atoms with Crippen molar-refractivity contribution in [3.8, 4) is 6.07 Å². The molecule has 1 heterocycles. The molecule has 0 N–H and O–H groups in total. The number of nitriles is 1. The van der Waals surface area contributed by atoms with Crippen LogP contribution in [0, 0.1) is 16.7 Å². The normalized spacial score (nSPS) is 21.3. The van der Waals surface area contributed by atoms with E-state index in [1.807, 2.05) is 0 Å². The summed E-state index contributed by atoms with van der Waals surface area (Å²) in [5.74, 6) is 0. The van der Waals surface area contributed by atoms with E-state index < -0.39 is 0 Å². The maximum atomic E-state index is 8.97. The minimum atomic E-state index is -0.0680. The number of likely N-dealkylation sites (tertiary alicyclic amines) is 1. The fourth-order valence-corrected chi connectivity index (χ4v) is 1.65. The van der Waals surface area contributed by atoms with Crippen molar-refractivity contribution in [3.63, 3.8) is 0 Å². The molecular weight excluding hydrogens is 172 g/mol. The highest BCUT2D eigenvalue weighted by Gasteiger charge is 2.29. The van der Waals surface area contributed by atoms with Crippen LogP contribution < -0.4 is 0 Å². The lowest BCUT2D eigenvalue weighted by Crippen LogP contribution is -2.38. The molecule has 1 saturated heterocycles. The Morgan fingerprint density at radius 2 is 2.00 bits per heavy atom. The van der Waals surface area contributed by atoms with Gasteiger partial charge in [0.2, 0.25) is 0 Å². The second-order valence-corrected chi connectivity index (χ2v) is 4.75. The van der Waals surface area contributed by atoms with E-state index in [4.69, 9.17) is 5.26 Å². The summed E-state index contributed by atoms with van der Waals surface area (Å²) in [6.45, 7) is 9.50. The summed E-state index contributed by atoms with van der Waals surface area (Å²) in [5, 5.41) is 8.97. The van der Waals surface area contributed by atoms with Crippen molar-refractivity contribution in [2.45, 2.75) is 33.6 Å². The predicted octanol–water partition coefficient (Wildman–Crippen LogP) is 2.58. The van der Waals surface area contributed by atoms with E-state index in [1.54, 1.807) is 0 Å². The molecule has 0 unspecified atom stereocenters. The van der Waals surface area contributed by atoms with Crippen LogP contribution in [0.25, 0.3) is 0 Å². The van der Waals surface area contributed by atoms with E-state index >= 15 is 0 Å². The first-order chi connectivity index (χ1) is 6.56. The van der Waals surface area contributed by atoms with Crippen LogP contribution >= 0.6 is 0 Å². The average Bonchev–Trinajstić information content (AvgIpc) is 2.17. The second-order valence-electron chi connectivity index (χ2n) is 4.75. The van der Waals surface area contributed by atoms with Crippen LogP contribution in [0.4, 0.5) is 0 Å². The molecule has 0 aromatic rings. The van der Waals surface area contributed by atoms with Crippen molar-refractivity contribution < 1.29 is 0 Å². The van der Waals surface area contributed by atoms with Crippen LogP contribution in [-0.2, 0) is 0 Å². The zero-order valence-corrected chi connectivity index (χ0v) is 9.51. The third-order valence-corrected chi connectivity index (χ3v) is 2.99. The lowest BCUT2D eigenvalue weighted by molar-refractivity contribution is 0.170. The van der Waals surface area contributed by atoms with E-state index in [2.05, 4.69) is 37.8 Å². The first kappa shape index (κ1) is 11.3. The quantitative estimate of drug-likeness (QED) is 0.629. The summed E-state index contributed by atoms with van der Waals surface area (Å²) in [7, 11) is 0. The molecule has 0 atom stereocenters. The molecule has 2 heteroatoms. The van der Waals surface area contributed by atoms with Crippen molar-refractivity contribution in [1.29, 1.82) is 5.26 Å². The summed E-state index contributed by atoms with van der Waals surface area (Å²) in [6.07, 6.45) is 4.29. The van der Waals surface area contributed by atoms with Crippen molar-refractivity contribution in [3.05, 3.63) is 11.6 Å². The molecule has 78 valence electrons. The van der Waals surface area contributed by atoms with E-state index in [9.17, 15) is 0 Å². The molecule has 14 heavy (non-hydrogen) atoms. The SMILES string of the molecule is CC(C)=CCN1CCC(C)(C#N)CC1. The molecule has 1 aliphatic rings. The number of hydrogen-bond acceptors (Lipinski definition) is 2. The van der Waals surface area contributed by atoms with Crippen molar-refractivity contribution in [2.75, 3.05) is 19.6 Å². The van der Waals surface area contributed by atoms with Crippen molar-refractivity contribution in [1.82, 2.24) is 4.90 Å². The summed E-state index contributed by atoms with van der Waals surface area (Å²) >= 11 is 0. The Bertz CT molecular complexity index is 248. The zero-order chi connectivity index (χ0) is 10.6. The van der Waals surface area contributed by atoms with Gasteiger partial charge >= 0.3 is 0 Å². The molecule has 1 fully saturated rings. The van der Waals surface area contributed by atoms with Gasteiger partial charge in [0, 0.05) is 6.54 Å². The maximum absolute atomic E-state index is 8.97. The van der Waals surface area contributed by atoms with E-state index in [1.165, 1.54) is 5.57 Å². The smallest absolute Gasteiger partial charge is 0.0687 e. The van der Waals surface area contributed by atoms with Gasteiger partial charge in [-0.3, -0.25) is 4.90 Å².